The Kier molecular flexibility index (Phi) is 7.58. The molecule has 1 fully saturated rings. The third-order valence-corrected chi connectivity index (χ3v) is 7.15. The molecule has 0 saturated carbocycles. The van der Waals surface area contributed by atoms with E-state index in [1.54, 1.807) is 6.20 Å². The fourth-order valence-electron chi connectivity index (χ4n) is 4.57. The maximum absolute atomic E-state index is 13.2. The first-order valence-electron chi connectivity index (χ1n) is 12.4. The summed E-state index contributed by atoms with van der Waals surface area (Å²) in [5.74, 6) is 0.961. The van der Waals surface area contributed by atoms with Crippen molar-refractivity contribution in [3.8, 4) is 11.3 Å². The molecular weight excluding hydrogens is 485 g/mol. The van der Waals surface area contributed by atoms with E-state index < -0.39 is 11.7 Å². The summed E-state index contributed by atoms with van der Waals surface area (Å²) in [7, 11) is 0. The van der Waals surface area contributed by atoms with Crippen LogP contribution >= 0.6 is 0 Å². The fraction of sp³-hybridized carbons (Fsp3) is 0.520. The summed E-state index contributed by atoms with van der Waals surface area (Å²) in [6.45, 7) is 7.38. The van der Waals surface area contributed by atoms with Crippen molar-refractivity contribution in [3.63, 3.8) is 0 Å². The second-order valence-electron chi connectivity index (χ2n) is 10.1. The van der Waals surface area contributed by atoms with E-state index in [0.717, 1.165) is 25.1 Å². The second-order valence-corrected chi connectivity index (χ2v) is 10.1. The van der Waals surface area contributed by atoms with Crippen molar-refractivity contribution in [2.45, 2.75) is 58.3 Å². The molecule has 4 heterocycles. The Morgan fingerprint density at radius 2 is 1.92 bits per heavy atom. The van der Waals surface area contributed by atoms with Crippen LogP contribution in [0.15, 0.2) is 24.7 Å². The summed E-state index contributed by atoms with van der Waals surface area (Å²) in [6, 6.07) is 0.901. The van der Waals surface area contributed by atoms with E-state index in [2.05, 4.69) is 25.3 Å². The first-order chi connectivity index (χ1) is 17.4. The molecule has 0 aliphatic carbocycles. The summed E-state index contributed by atoms with van der Waals surface area (Å²) in [5.41, 5.74) is 12.6. The molecule has 200 valence electrons. The molecule has 0 bridgehead atoms. The highest BCUT2D eigenvalue weighted by molar-refractivity contribution is 5.95. The lowest BCUT2D eigenvalue weighted by atomic mass is 9.90. The first-order valence-corrected chi connectivity index (χ1v) is 12.4. The van der Waals surface area contributed by atoms with Gasteiger partial charge in [-0.15, -0.1) is 0 Å². The quantitative estimate of drug-likeness (QED) is 0.370. The Hall–Kier alpha value is -3.41. The van der Waals surface area contributed by atoms with E-state index in [0.29, 0.717) is 48.3 Å². The summed E-state index contributed by atoms with van der Waals surface area (Å²) in [4.78, 5) is 30.0. The molecule has 0 radical (unpaired) electrons. The monoisotopic (exact) mass is 518 g/mol. The summed E-state index contributed by atoms with van der Waals surface area (Å²) >= 11 is 0. The van der Waals surface area contributed by atoms with Gasteiger partial charge in [-0.1, -0.05) is 13.8 Å². The van der Waals surface area contributed by atoms with Crippen LogP contribution in [-0.4, -0.2) is 55.9 Å². The lowest BCUT2D eigenvalue weighted by Gasteiger charge is -2.35. The number of aromatic nitrogens is 4. The zero-order chi connectivity index (χ0) is 26.9. The molecule has 9 nitrogen and oxygen atoms in total. The third kappa shape index (κ3) is 5.95. The van der Waals surface area contributed by atoms with Crippen molar-refractivity contribution in [1.29, 1.82) is 0 Å². The van der Waals surface area contributed by atoms with Crippen LogP contribution in [0, 0.1) is 11.8 Å². The Morgan fingerprint density at radius 1 is 1.22 bits per heavy atom. The predicted molar refractivity (Wildman–Crippen MR) is 136 cm³/mol. The van der Waals surface area contributed by atoms with Crippen molar-refractivity contribution in [1.82, 2.24) is 24.8 Å². The number of nitrogen functional groups attached to an aromatic ring is 1. The van der Waals surface area contributed by atoms with Crippen LogP contribution in [0.2, 0.25) is 0 Å². The molecular formula is C25H33F3N8O. The summed E-state index contributed by atoms with van der Waals surface area (Å²) in [5, 5.41) is 3.58. The lowest BCUT2D eigenvalue weighted by Crippen LogP contribution is -2.44. The number of amides is 1. The number of anilines is 2. The van der Waals surface area contributed by atoms with Crippen molar-refractivity contribution < 1.29 is 18.0 Å². The van der Waals surface area contributed by atoms with Crippen molar-refractivity contribution in [3.05, 3.63) is 30.2 Å². The molecule has 0 aromatic carbocycles. The molecule has 0 unspecified atom stereocenters. The molecule has 1 amide bonds. The Labute approximate surface area is 213 Å². The summed E-state index contributed by atoms with van der Waals surface area (Å²) < 4.78 is 39.7. The molecule has 3 aromatic rings. The van der Waals surface area contributed by atoms with Gasteiger partial charge in [0.25, 0.3) is 0 Å². The highest BCUT2D eigenvalue weighted by Crippen LogP contribution is 2.35. The maximum atomic E-state index is 13.2. The van der Waals surface area contributed by atoms with Crippen LogP contribution in [0.1, 0.15) is 45.6 Å². The van der Waals surface area contributed by atoms with Crippen LogP contribution in [0.4, 0.5) is 24.8 Å². The van der Waals surface area contributed by atoms with Crippen molar-refractivity contribution >= 4 is 28.6 Å². The molecule has 37 heavy (non-hydrogen) atoms. The highest BCUT2D eigenvalue weighted by atomic mass is 19.4. The van der Waals surface area contributed by atoms with E-state index in [4.69, 9.17) is 11.5 Å². The smallest absolute Gasteiger partial charge is 0.396 e. The number of carbonyl (C=O) groups is 1. The molecule has 1 aliphatic rings. The number of carbonyl (C=O) groups excluding carboxylic acids is 1. The molecule has 0 spiro atoms. The van der Waals surface area contributed by atoms with Crippen LogP contribution < -0.4 is 16.8 Å². The van der Waals surface area contributed by atoms with E-state index in [9.17, 15) is 18.0 Å². The largest absolute Gasteiger partial charge is 0.417 e. The van der Waals surface area contributed by atoms with Gasteiger partial charge in [0, 0.05) is 54.9 Å². The number of fused-ring (bicyclic) bond motifs is 1. The number of H-pyrrole nitrogens is 1. The second kappa shape index (κ2) is 10.5. The predicted octanol–water partition coefficient (Wildman–Crippen LogP) is 4.03. The number of pyridine rings is 1. The van der Waals surface area contributed by atoms with Crippen LogP contribution in [0.25, 0.3) is 22.3 Å². The molecule has 6 N–H and O–H groups in total. The fourth-order valence-corrected chi connectivity index (χ4v) is 4.57. The summed E-state index contributed by atoms with van der Waals surface area (Å²) in [6.07, 6.45) is 1.26. The van der Waals surface area contributed by atoms with Gasteiger partial charge in [-0.25, -0.2) is 15.0 Å². The number of aromatic amines is 1. The number of rotatable bonds is 7. The van der Waals surface area contributed by atoms with E-state index in [-0.39, 0.29) is 35.0 Å². The number of nitrogens with zero attached hydrogens (tertiary/aromatic N) is 4. The Balaban J connectivity index is 1.45. The van der Waals surface area contributed by atoms with Gasteiger partial charge in [-0.05, 0) is 37.7 Å². The molecule has 1 aliphatic heterocycles. The maximum Gasteiger partial charge on any atom is 0.417 e. The molecule has 1 saturated heterocycles. The van der Waals surface area contributed by atoms with Gasteiger partial charge in [0.05, 0.1) is 17.4 Å². The van der Waals surface area contributed by atoms with Crippen LogP contribution in [-0.2, 0) is 11.0 Å². The van der Waals surface area contributed by atoms with Gasteiger partial charge in [0.2, 0.25) is 11.9 Å². The topological polar surface area (TPSA) is 139 Å². The molecule has 4 rings (SSSR count). The van der Waals surface area contributed by atoms with E-state index in [1.807, 2.05) is 25.7 Å². The first kappa shape index (κ1) is 26.6. The van der Waals surface area contributed by atoms with Gasteiger partial charge in [0.1, 0.15) is 11.3 Å². The zero-order valence-electron chi connectivity index (χ0n) is 21.1. The number of piperidine rings is 1. The van der Waals surface area contributed by atoms with Gasteiger partial charge >= 0.3 is 6.18 Å². The van der Waals surface area contributed by atoms with Crippen molar-refractivity contribution in [2.24, 2.45) is 17.6 Å². The Bertz CT molecular complexity index is 1250. The number of likely N-dealkylation sites (tertiary alicyclic amines) is 1. The van der Waals surface area contributed by atoms with E-state index >= 15 is 0 Å². The zero-order valence-corrected chi connectivity index (χ0v) is 21.1. The van der Waals surface area contributed by atoms with E-state index in [1.165, 1.54) is 6.20 Å². The Morgan fingerprint density at radius 3 is 2.57 bits per heavy atom. The highest BCUT2D eigenvalue weighted by Gasteiger charge is 2.32. The minimum atomic E-state index is -4.52. The van der Waals surface area contributed by atoms with Gasteiger partial charge in [0.15, 0.2) is 0 Å². The van der Waals surface area contributed by atoms with Crippen LogP contribution in [0.5, 0.6) is 0 Å². The number of nitrogens with one attached hydrogen (secondary N) is 2. The van der Waals surface area contributed by atoms with Crippen LogP contribution in [0.3, 0.4) is 0 Å². The van der Waals surface area contributed by atoms with Gasteiger partial charge in [-0.2, -0.15) is 13.2 Å². The van der Waals surface area contributed by atoms with Gasteiger partial charge < -0.3 is 26.7 Å². The molecule has 3 aromatic heterocycles. The number of halogens is 3. The average molecular weight is 519 g/mol. The van der Waals surface area contributed by atoms with Crippen molar-refractivity contribution in [2.75, 3.05) is 24.1 Å². The number of hydrogen-bond donors (Lipinski definition) is 4. The normalized spacial score (nSPS) is 16.8. The number of nitrogens with two attached hydrogens (primary N) is 2. The SMILES string of the molecule is CC(C)[C@@H](N)CC(=O)N1CCC([C@@H](C)Nc2ncc(N)c(-c3c[nH]c4ncc(C(F)(F)F)cc34)n2)CC1. The number of hydrogen-bond acceptors (Lipinski definition) is 7. The number of alkyl halides is 3. The molecule has 12 heteroatoms. The third-order valence-electron chi connectivity index (χ3n) is 7.15. The molecule has 2 atom stereocenters. The standard InChI is InChI=1S/C25H33F3N8O/c1-13(2)19(29)9-21(37)36-6-4-15(5-7-36)14(3)34-24-33-12-20(30)22(35-24)18-11-32-23-17(18)8-16(10-31-23)25(26,27)28/h8,10-15,19H,4-7,9,29-30H2,1-3H3,(H,31,32)(H,33,34,35)/t14-,19+/m1/s1. The van der Waals surface area contributed by atoms with Gasteiger partial charge in [-0.3, -0.25) is 4.79 Å². The minimum Gasteiger partial charge on any atom is -0.396 e. The average Bonchev–Trinajstić information content (AvgIpc) is 3.27. The minimum absolute atomic E-state index is 0.00751. The lowest BCUT2D eigenvalue weighted by molar-refractivity contribution is -0.137.